The number of nitrogens with two attached hydrogens (primary N) is 1. The third-order valence-corrected chi connectivity index (χ3v) is 2.97. The Bertz CT molecular complexity index is 273. The number of rotatable bonds is 2. The molecule has 0 radical (unpaired) electrons. The topological polar surface area (TPSA) is 55.3 Å². The number of piperidine rings is 1. The van der Waals surface area contributed by atoms with E-state index in [1.165, 1.54) is 6.42 Å². The molecule has 4 heteroatoms. The average molecular weight is 195 g/mol. The van der Waals surface area contributed by atoms with Crippen LogP contribution in [0.1, 0.15) is 19.1 Å². The number of likely N-dealkylation sites (tertiary alicyclic amines) is 1. The lowest BCUT2D eigenvalue weighted by atomic mass is 9.94. The van der Waals surface area contributed by atoms with E-state index in [4.69, 9.17) is 10.3 Å². The molecule has 1 fully saturated rings. The molecule has 1 saturated heterocycles. The van der Waals surface area contributed by atoms with Gasteiger partial charge in [-0.25, -0.2) is 0 Å². The smallest absolute Gasteiger partial charge is 0.150 e. The minimum atomic E-state index is 0.298. The molecule has 1 aromatic rings. The molecule has 0 amide bonds. The summed E-state index contributed by atoms with van der Waals surface area (Å²) in [4.78, 5) is 2.32. The first-order valence-corrected chi connectivity index (χ1v) is 5.13. The van der Waals surface area contributed by atoms with Gasteiger partial charge < -0.3 is 10.3 Å². The Hall–Kier alpha value is -0.870. The first-order chi connectivity index (χ1) is 6.75. The van der Waals surface area contributed by atoms with Crippen molar-refractivity contribution in [3.8, 4) is 0 Å². The molecular weight excluding hydrogens is 178 g/mol. The second-order valence-electron chi connectivity index (χ2n) is 4.14. The quantitative estimate of drug-likeness (QED) is 0.760. The highest BCUT2D eigenvalue weighted by molar-refractivity contribution is 4.94. The van der Waals surface area contributed by atoms with Crippen LogP contribution in [0.15, 0.2) is 16.8 Å². The van der Waals surface area contributed by atoms with E-state index >= 15 is 0 Å². The van der Waals surface area contributed by atoms with E-state index in [1.807, 2.05) is 6.07 Å². The second kappa shape index (κ2) is 4.11. The van der Waals surface area contributed by atoms with Gasteiger partial charge in [0.05, 0.1) is 12.7 Å². The summed E-state index contributed by atoms with van der Waals surface area (Å²) in [5.74, 6) is 1.56. The third kappa shape index (κ3) is 2.13. The molecular formula is C10H17N3O. The van der Waals surface area contributed by atoms with Gasteiger partial charge in [0, 0.05) is 18.7 Å². The van der Waals surface area contributed by atoms with Gasteiger partial charge in [-0.1, -0.05) is 12.1 Å². The van der Waals surface area contributed by atoms with E-state index in [2.05, 4.69) is 17.0 Å². The maximum absolute atomic E-state index is 6.01. The van der Waals surface area contributed by atoms with Crippen molar-refractivity contribution in [3.05, 3.63) is 18.0 Å². The van der Waals surface area contributed by atoms with Crippen molar-refractivity contribution in [1.29, 1.82) is 0 Å². The van der Waals surface area contributed by atoms with Gasteiger partial charge in [0.1, 0.15) is 0 Å². The van der Waals surface area contributed by atoms with Crippen molar-refractivity contribution in [2.45, 2.75) is 25.9 Å². The zero-order valence-electron chi connectivity index (χ0n) is 8.52. The lowest BCUT2D eigenvalue weighted by Crippen LogP contribution is -2.47. The van der Waals surface area contributed by atoms with Crippen molar-refractivity contribution in [2.24, 2.45) is 11.7 Å². The Balaban J connectivity index is 1.88. The Labute approximate surface area is 84.0 Å². The predicted octanol–water partition coefficient (Wildman–Crippen LogP) is 0.844. The van der Waals surface area contributed by atoms with Gasteiger partial charge in [-0.3, -0.25) is 4.90 Å². The van der Waals surface area contributed by atoms with Gasteiger partial charge in [-0.2, -0.15) is 0 Å². The highest BCUT2D eigenvalue weighted by Gasteiger charge is 2.23. The van der Waals surface area contributed by atoms with E-state index in [1.54, 1.807) is 6.20 Å². The normalized spacial score (nSPS) is 29.3. The lowest BCUT2D eigenvalue weighted by molar-refractivity contribution is 0.148. The van der Waals surface area contributed by atoms with Crippen LogP contribution in [-0.2, 0) is 6.54 Å². The molecule has 0 bridgehead atoms. The average Bonchev–Trinajstić information content (AvgIpc) is 2.64. The summed E-state index contributed by atoms with van der Waals surface area (Å²) in [7, 11) is 0. The highest BCUT2D eigenvalue weighted by atomic mass is 16.5. The van der Waals surface area contributed by atoms with Gasteiger partial charge >= 0.3 is 0 Å². The fourth-order valence-electron chi connectivity index (χ4n) is 1.86. The molecule has 0 spiro atoms. The highest BCUT2D eigenvalue weighted by Crippen LogP contribution is 2.17. The minimum Gasteiger partial charge on any atom is -0.360 e. The van der Waals surface area contributed by atoms with Crippen LogP contribution in [0.2, 0.25) is 0 Å². The van der Waals surface area contributed by atoms with Crippen molar-refractivity contribution in [1.82, 2.24) is 10.1 Å². The lowest BCUT2D eigenvalue weighted by Gasteiger charge is -2.34. The van der Waals surface area contributed by atoms with E-state index in [-0.39, 0.29) is 0 Å². The maximum Gasteiger partial charge on any atom is 0.150 e. The van der Waals surface area contributed by atoms with Crippen LogP contribution in [-0.4, -0.2) is 29.2 Å². The van der Waals surface area contributed by atoms with Crippen molar-refractivity contribution < 1.29 is 4.52 Å². The Morgan fingerprint density at radius 3 is 3.21 bits per heavy atom. The van der Waals surface area contributed by atoms with Gasteiger partial charge in [0.25, 0.3) is 0 Å². The van der Waals surface area contributed by atoms with Crippen molar-refractivity contribution in [2.75, 3.05) is 13.1 Å². The molecule has 2 unspecified atom stereocenters. The van der Waals surface area contributed by atoms with Crippen LogP contribution < -0.4 is 5.73 Å². The van der Waals surface area contributed by atoms with Gasteiger partial charge in [-0.15, -0.1) is 0 Å². The molecule has 0 aromatic carbocycles. The fraction of sp³-hybridized carbons (Fsp3) is 0.700. The maximum atomic E-state index is 6.01. The Kier molecular flexibility index (Phi) is 2.84. The number of nitrogens with zero attached hydrogens (tertiary/aromatic N) is 2. The zero-order valence-corrected chi connectivity index (χ0v) is 8.52. The molecule has 1 aliphatic heterocycles. The van der Waals surface area contributed by atoms with Crippen LogP contribution >= 0.6 is 0 Å². The number of aromatic nitrogens is 1. The molecule has 2 rings (SSSR count). The molecule has 1 aliphatic rings. The van der Waals surface area contributed by atoms with Crippen LogP contribution in [0.5, 0.6) is 0 Å². The number of hydrogen-bond acceptors (Lipinski definition) is 4. The predicted molar refractivity (Wildman–Crippen MR) is 53.5 cm³/mol. The molecule has 0 saturated carbocycles. The van der Waals surface area contributed by atoms with Gasteiger partial charge in [0.2, 0.25) is 0 Å². The summed E-state index contributed by atoms with van der Waals surface area (Å²) >= 11 is 0. The summed E-state index contributed by atoms with van der Waals surface area (Å²) in [6, 6.07) is 2.20. The van der Waals surface area contributed by atoms with E-state index in [9.17, 15) is 0 Å². The first kappa shape index (κ1) is 9.68. The molecule has 14 heavy (non-hydrogen) atoms. The summed E-state index contributed by atoms with van der Waals surface area (Å²) in [6.07, 6.45) is 2.86. The molecule has 4 nitrogen and oxygen atoms in total. The molecule has 1 aromatic heterocycles. The summed E-state index contributed by atoms with van der Waals surface area (Å²) in [6.45, 7) is 5.12. The Morgan fingerprint density at radius 1 is 1.71 bits per heavy atom. The van der Waals surface area contributed by atoms with Gasteiger partial charge in [-0.05, 0) is 18.9 Å². The first-order valence-electron chi connectivity index (χ1n) is 5.13. The summed E-state index contributed by atoms with van der Waals surface area (Å²) < 4.78 is 5.07. The van der Waals surface area contributed by atoms with Crippen LogP contribution in [0, 0.1) is 5.92 Å². The molecule has 2 atom stereocenters. The molecule has 2 heterocycles. The zero-order chi connectivity index (χ0) is 9.97. The largest absolute Gasteiger partial charge is 0.360 e. The van der Waals surface area contributed by atoms with Gasteiger partial charge in [0.15, 0.2) is 5.76 Å². The van der Waals surface area contributed by atoms with E-state index < -0.39 is 0 Å². The fourth-order valence-corrected chi connectivity index (χ4v) is 1.86. The third-order valence-electron chi connectivity index (χ3n) is 2.97. The second-order valence-corrected chi connectivity index (χ2v) is 4.14. The summed E-state index contributed by atoms with van der Waals surface area (Å²) in [5, 5.41) is 3.69. The standard InChI is InChI=1S/C10H17N3O/c1-8-3-5-13(7-10(8)11)6-9-2-4-12-14-9/h2,4,8,10H,3,5-7,11H2,1H3. The summed E-state index contributed by atoms with van der Waals surface area (Å²) in [5.41, 5.74) is 6.01. The molecule has 78 valence electrons. The van der Waals surface area contributed by atoms with Crippen molar-refractivity contribution in [3.63, 3.8) is 0 Å². The number of hydrogen-bond donors (Lipinski definition) is 1. The van der Waals surface area contributed by atoms with Crippen LogP contribution in [0.4, 0.5) is 0 Å². The van der Waals surface area contributed by atoms with E-state index in [0.717, 1.165) is 25.4 Å². The molecule has 2 N–H and O–H groups in total. The Morgan fingerprint density at radius 2 is 2.57 bits per heavy atom. The van der Waals surface area contributed by atoms with E-state index in [0.29, 0.717) is 12.0 Å². The minimum absolute atomic E-state index is 0.298. The van der Waals surface area contributed by atoms with Crippen molar-refractivity contribution >= 4 is 0 Å². The van der Waals surface area contributed by atoms with Crippen LogP contribution in [0.3, 0.4) is 0 Å². The SMILES string of the molecule is CC1CCN(Cc2ccno2)CC1N. The molecule has 0 aliphatic carbocycles. The monoisotopic (exact) mass is 195 g/mol. The van der Waals surface area contributed by atoms with Crippen LogP contribution in [0.25, 0.3) is 0 Å².